The summed E-state index contributed by atoms with van der Waals surface area (Å²) in [5, 5.41) is 3.01. The van der Waals surface area contributed by atoms with Gasteiger partial charge in [0.25, 0.3) is 5.91 Å². The molecule has 0 radical (unpaired) electrons. The number of nitrogens with one attached hydrogen (secondary N) is 1. The van der Waals surface area contributed by atoms with Crippen LogP contribution in [-0.4, -0.2) is 51.0 Å². The zero-order valence-electron chi connectivity index (χ0n) is 14.2. The smallest absolute Gasteiger partial charge is 0.252 e. The van der Waals surface area contributed by atoms with E-state index in [2.05, 4.69) is 27.1 Å². The molecule has 1 atom stereocenters. The average Bonchev–Trinajstić information content (AvgIpc) is 3.17. The fraction of sp³-hybridized carbons (Fsp3) is 0.500. The van der Waals surface area contributed by atoms with E-state index < -0.39 is 0 Å². The van der Waals surface area contributed by atoms with Crippen LogP contribution in [0.4, 0.5) is 0 Å². The zero-order chi connectivity index (χ0) is 16.8. The molecule has 1 aliphatic rings. The molecule has 0 aliphatic carbocycles. The lowest BCUT2D eigenvalue weighted by atomic mass is 10.0. The van der Waals surface area contributed by atoms with Crippen LogP contribution in [0.3, 0.4) is 0 Å². The first-order valence-corrected chi connectivity index (χ1v) is 8.74. The van der Waals surface area contributed by atoms with E-state index in [-0.39, 0.29) is 5.91 Å². The van der Waals surface area contributed by atoms with Gasteiger partial charge in [0.2, 0.25) is 0 Å². The number of hydrogen-bond donors (Lipinski definition) is 1. The molecule has 1 aliphatic heterocycles. The van der Waals surface area contributed by atoms with Gasteiger partial charge in [-0.2, -0.15) is 0 Å². The number of piperidine rings is 1. The Labute approximate surface area is 142 Å². The topological polar surface area (TPSA) is 63.1 Å². The van der Waals surface area contributed by atoms with Crippen LogP contribution >= 0.6 is 0 Å². The Hall–Kier alpha value is -2.21. The highest BCUT2D eigenvalue weighted by Crippen LogP contribution is 2.18. The van der Waals surface area contributed by atoms with Gasteiger partial charge in [-0.15, -0.1) is 0 Å². The van der Waals surface area contributed by atoms with Crippen molar-refractivity contribution in [3.63, 3.8) is 0 Å². The lowest BCUT2D eigenvalue weighted by molar-refractivity contribution is 0.0934. The third-order valence-electron chi connectivity index (χ3n) is 4.68. The molecular weight excluding hydrogens is 302 g/mol. The predicted molar refractivity (Wildman–Crippen MR) is 93.2 cm³/mol. The van der Waals surface area contributed by atoms with E-state index in [1.165, 1.54) is 25.7 Å². The summed E-state index contributed by atoms with van der Waals surface area (Å²) in [5.74, 6) is 0.688. The number of likely N-dealkylation sites (tertiary alicyclic amines) is 1. The molecule has 0 saturated carbocycles. The normalized spacial score (nSPS) is 18.5. The molecule has 1 N–H and O–H groups in total. The van der Waals surface area contributed by atoms with E-state index in [9.17, 15) is 4.79 Å². The van der Waals surface area contributed by atoms with Crippen molar-refractivity contribution in [1.29, 1.82) is 0 Å². The van der Waals surface area contributed by atoms with Crippen LogP contribution in [0.2, 0.25) is 0 Å². The molecule has 1 amide bonds. The first kappa shape index (κ1) is 16.6. The Morgan fingerprint density at radius 3 is 3.00 bits per heavy atom. The second kappa shape index (κ2) is 8.06. The van der Waals surface area contributed by atoms with E-state index in [0.717, 1.165) is 18.9 Å². The summed E-state index contributed by atoms with van der Waals surface area (Å²) in [4.78, 5) is 23.1. The third kappa shape index (κ3) is 4.00. The van der Waals surface area contributed by atoms with Crippen molar-refractivity contribution in [3.05, 3.63) is 42.6 Å². The summed E-state index contributed by atoms with van der Waals surface area (Å²) in [5.41, 5.74) is 0.588. The van der Waals surface area contributed by atoms with Crippen LogP contribution in [0, 0.1) is 0 Å². The van der Waals surface area contributed by atoms with Gasteiger partial charge in [0.15, 0.2) is 0 Å². The van der Waals surface area contributed by atoms with Crippen molar-refractivity contribution in [2.45, 2.75) is 38.6 Å². The zero-order valence-corrected chi connectivity index (χ0v) is 14.2. The fourth-order valence-corrected chi connectivity index (χ4v) is 3.30. The molecule has 1 saturated heterocycles. The second-order valence-electron chi connectivity index (χ2n) is 6.22. The van der Waals surface area contributed by atoms with E-state index in [0.29, 0.717) is 18.2 Å². The highest BCUT2D eigenvalue weighted by Gasteiger charge is 2.20. The first-order valence-electron chi connectivity index (χ1n) is 8.74. The lowest BCUT2D eigenvalue weighted by Gasteiger charge is -2.35. The van der Waals surface area contributed by atoms with Crippen LogP contribution < -0.4 is 5.32 Å². The van der Waals surface area contributed by atoms with E-state index in [4.69, 9.17) is 0 Å². The standard InChI is InChI=1S/C18H25N5O/c1-2-16-5-3-4-10-22(16)12-9-20-18(24)15-6-7-17(21-13-15)23-11-8-19-14-23/h6-8,11,13-14,16H,2-5,9-10,12H2,1H3,(H,20,24)/t16-/m0/s1. The molecule has 3 rings (SSSR count). The maximum absolute atomic E-state index is 12.2. The molecule has 2 aromatic heterocycles. The van der Waals surface area contributed by atoms with Gasteiger partial charge in [0.05, 0.1) is 5.56 Å². The van der Waals surface area contributed by atoms with Crippen molar-refractivity contribution >= 4 is 5.91 Å². The minimum Gasteiger partial charge on any atom is -0.351 e. The number of nitrogens with zero attached hydrogens (tertiary/aromatic N) is 4. The van der Waals surface area contributed by atoms with Gasteiger partial charge in [-0.05, 0) is 37.9 Å². The van der Waals surface area contributed by atoms with Crippen LogP contribution in [0.5, 0.6) is 0 Å². The second-order valence-corrected chi connectivity index (χ2v) is 6.22. The summed E-state index contributed by atoms with van der Waals surface area (Å²) < 4.78 is 1.81. The van der Waals surface area contributed by atoms with Gasteiger partial charge in [-0.1, -0.05) is 13.3 Å². The van der Waals surface area contributed by atoms with Crippen molar-refractivity contribution in [1.82, 2.24) is 24.8 Å². The molecule has 128 valence electrons. The van der Waals surface area contributed by atoms with E-state index >= 15 is 0 Å². The maximum Gasteiger partial charge on any atom is 0.252 e. The lowest BCUT2D eigenvalue weighted by Crippen LogP contribution is -2.43. The summed E-state index contributed by atoms with van der Waals surface area (Å²) in [6.07, 6.45) is 11.9. The highest BCUT2D eigenvalue weighted by molar-refractivity contribution is 5.93. The van der Waals surface area contributed by atoms with E-state index in [1.54, 1.807) is 24.8 Å². The Kier molecular flexibility index (Phi) is 5.59. The molecule has 0 bridgehead atoms. The van der Waals surface area contributed by atoms with Crippen LogP contribution in [0.15, 0.2) is 37.1 Å². The van der Waals surface area contributed by atoms with Crippen molar-refractivity contribution < 1.29 is 4.79 Å². The Balaban J connectivity index is 1.50. The average molecular weight is 327 g/mol. The SMILES string of the molecule is CC[C@H]1CCCCN1CCNC(=O)c1ccc(-n2ccnc2)nc1. The minimum atomic E-state index is -0.0651. The number of imidazole rings is 1. The molecule has 0 aromatic carbocycles. The maximum atomic E-state index is 12.2. The van der Waals surface area contributed by atoms with Gasteiger partial charge in [-0.3, -0.25) is 14.3 Å². The Morgan fingerprint density at radius 1 is 1.38 bits per heavy atom. The summed E-state index contributed by atoms with van der Waals surface area (Å²) in [6.45, 7) is 4.99. The molecule has 6 nitrogen and oxygen atoms in total. The van der Waals surface area contributed by atoms with Gasteiger partial charge < -0.3 is 5.32 Å². The first-order chi connectivity index (χ1) is 11.8. The molecule has 6 heteroatoms. The van der Waals surface area contributed by atoms with Crippen LogP contribution in [0.25, 0.3) is 5.82 Å². The molecular formula is C18H25N5O. The van der Waals surface area contributed by atoms with Crippen molar-refractivity contribution in [2.24, 2.45) is 0 Å². The van der Waals surface area contributed by atoms with Crippen LogP contribution in [-0.2, 0) is 0 Å². The van der Waals surface area contributed by atoms with Gasteiger partial charge in [0, 0.05) is 37.7 Å². The largest absolute Gasteiger partial charge is 0.351 e. The number of rotatable bonds is 6. The molecule has 24 heavy (non-hydrogen) atoms. The summed E-state index contributed by atoms with van der Waals surface area (Å²) in [7, 11) is 0. The van der Waals surface area contributed by atoms with Gasteiger partial charge in [-0.25, -0.2) is 9.97 Å². The third-order valence-corrected chi connectivity index (χ3v) is 4.68. The van der Waals surface area contributed by atoms with Gasteiger partial charge >= 0.3 is 0 Å². The van der Waals surface area contributed by atoms with Gasteiger partial charge in [0.1, 0.15) is 12.1 Å². The number of carbonyl (C=O) groups is 1. The van der Waals surface area contributed by atoms with Crippen LogP contribution in [0.1, 0.15) is 43.0 Å². The number of amides is 1. The Bertz CT molecular complexity index is 638. The van der Waals surface area contributed by atoms with Crippen molar-refractivity contribution in [2.75, 3.05) is 19.6 Å². The van der Waals surface area contributed by atoms with Crippen molar-refractivity contribution in [3.8, 4) is 5.82 Å². The van der Waals surface area contributed by atoms with E-state index in [1.807, 2.05) is 16.8 Å². The minimum absolute atomic E-state index is 0.0651. The molecule has 1 fully saturated rings. The molecule has 0 unspecified atom stereocenters. The quantitative estimate of drug-likeness (QED) is 0.884. The Morgan fingerprint density at radius 2 is 2.29 bits per heavy atom. The number of hydrogen-bond acceptors (Lipinski definition) is 4. The predicted octanol–water partition coefficient (Wildman–Crippen LogP) is 2.26. The monoisotopic (exact) mass is 327 g/mol. The molecule has 2 aromatic rings. The number of aromatic nitrogens is 3. The highest BCUT2D eigenvalue weighted by atomic mass is 16.1. The summed E-state index contributed by atoms with van der Waals surface area (Å²) >= 11 is 0. The summed E-state index contributed by atoms with van der Waals surface area (Å²) in [6, 6.07) is 4.30. The number of pyridine rings is 1. The molecule has 0 spiro atoms. The molecule has 3 heterocycles. The number of carbonyl (C=O) groups excluding carboxylic acids is 1. The fourth-order valence-electron chi connectivity index (χ4n) is 3.30.